The second kappa shape index (κ2) is 9.67. The smallest absolute Gasteiger partial charge is 0.244 e. The van der Waals surface area contributed by atoms with Gasteiger partial charge in [0, 0.05) is 45.2 Å². The number of carbonyl (C=O) groups is 2. The maximum atomic E-state index is 13.6. The van der Waals surface area contributed by atoms with Gasteiger partial charge < -0.3 is 14.5 Å². The van der Waals surface area contributed by atoms with E-state index < -0.39 is 15.9 Å². The van der Waals surface area contributed by atoms with Crippen LogP contribution in [0.4, 0.5) is 0 Å². The Labute approximate surface area is 184 Å². The van der Waals surface area contributed by atoms with E-state index >= 15 is 0 Å². The molecule has 3 aliphatic heterocycles. The zero-order valence-corrected chi connectivity index (χ0v) is 18.6. The summed E-state index contributed by atoms with van der Waals surface area (Å²) in [6, 6.07) is 9.10. The minimum Gasteiger partial charge on any atom is -0.378 e. The molecule has 0 bridgehead atoms. The summed E-state index contributed by atoms with van der Waals surface area (Å²) in [5.74, 6) is 0.302. The Morgan fingerprint density at radius 2 is 1.48 bits per heavy atom. The molecule has 0 saturated carbocycles. The van der Waals surface area contributed by atoms with Crippen LogP contribution in [0.5, 0.6) is 0 Å². The highest BCUT2D eigenvalue weighted by Crippen LogP contribution is 2.28. The van der Waals surface area contributed by atoms with Crippen molar-refractivity contribution in [2.24, 2.45) is 5.92 Å². The number of hydrogen-bond donors (Lipinski definition) is 0. The van der Waals surface area contributed by atoms with Gasteiger partial charge in [0.1, 0.15) is 6.04 Å². The zero-order chi connectivity index (χ0) is 21.8. The molecule has 0 aliphatic carbocycles. The first kappa shape index (κ1) is 22.2. The van der Waals surface area contributed by atoms with E-state index in [1.54, 1.807) is 0 Å². The number of amides is 2. The average molecular weight is 450 g/mol. The fourth-order valence-corrected chi connectivity index (χ4v) is 5.92. The molecule has 1 aromatic rings. The van der Waals surface area contributed by atoms with Gasteiger partial charge in [-0.05, 0) is 18.4 Å². The number of ether oxygens (including phenoxy) is 1. The number of sulfone groups is 1. The third-order valence-electron chi connectivity index (χ3n) is 6.57. The molecule has 1 atom stereocenters. The molecule has 0 aromatic heterocycles. The molecule has 0 spiro atoms. The number of rotatable bonds is 4. The second-order valence-corrected chi connectivity index (χ2v) is 10.8. The molecule has 2 amide bonds. The zero-order valence-electron chi connectivity index (χ0n) is 17.8. The molecular formula is C22H31N3O5S. The van der Waals surface area contributed by atoms with E-state index in [0.29, 0.717) is 65.3 Å². The topological polar surface area (TPSA) is 87.2 Å². The Bertz CT molecular complexity index is 864. The number of morpholine rings is 1. The molecule has 1 unspecified atom stereocenters. The number of piperidine rings is 1. The van der Waals surface area contributed by atoms with Crippen molar-refractivity contribution in [3.8, 4) is 0 Å². The minimum atomic E-state index is -3.03. The van der Waals surface area contributed by atoms with Crippen molar-refractivity contribution < 1.29 is 22.7 Å². The molecule has 9 heteroatoms. The van der Waals surface area contributed by atoms with Crippen LogP contribution >= 0.6 is 0 Å². The van der Waals surface area contributed by atoms with E-state index in [-0.39, 0.29) is 29.2 Å². The normalized spacial score (nSPS) is 24.0. The van der Waals surface area contributed by atoms with Crippen molar-refractivity contribution in [2.45, 2.75) is 18.9 Å². The van der Waals surface area contributed by atoms with Crippen molar-refractivity contribution in [3.05, 3.63) is 35.9 Å². The van der Waals surface area contributed by atoms with Crippen LogP contribution in [0.15, 0.2) is 30.3 Å². The van der Waals surface area contributed by atoms with Gasteiger partial charge in [-0.15, -0.1) is 0 Å². The fourth-order valence-electron chi connectivity index (χ4n) is 4.69. The lowest BCUT2D eigenvalue weighted by Gasteiger charge is -2.40. The van der Waals surface area contributed by atoms with Crippen LogP contribution in [0.1, 0.15) is 24.4 Å². The molecule has 3 aliphatic rings. The van der Waals surface area contributed by atoms with Gasteiger partial charge in [-0.2, -0.15) is 0 Å². The third-order valence-corrected chi connectivity index (χ3v) is 8.18. The average Bonchev–Trinajstić information content (AvgIpc) is 2.81. The van der Waals surface area contributed by atoms with Crippen molar-refractivity contribution in [1.29, 1.82) is 0 Å². The molecule has 8 nitrogen and oxygen atoms in total. The molecule has 3 saturated heterocycles. The number of benzene rings is 1. The van der Waals surface area contributed by atoms with E-state index in [2.05, 4.69) is 0 Å². The van der Waals surface area contributed by atoms with Crippen molar-refractivity contribution in [1.82, 2.24) is 14.7 Å². The van der Waals surface area contributed by atoms with Gasteiger partial charge in [0.2, 0.25) is 11.8 Å². The lowest BCUT2D eigenvalue weighted by atomic mass is 9.93. The number of hydrogen-bond acceptors (Lipinski definition) is 6. The summed E-state index contributed by atoms with van der Waals surface area (Å²) >= 11 is 0. The molecule has 31 heavy (non-hydrogen) atoms. The Kier molecular flexibility index (Phi) is 6.93. The van der Waals surface area contributed by atoms with Crippen molar-refractivity contribution in [3.63, 3.8) is 0 Å². The number of carbonyl (C=O) groups excluding carboxylic acids is 2. The summed E-state index contributed by atoms with van der Waals surface area (Å²) in [5.41, 5.74) is 0.887. The van der Waals surface area contributed by atoms with Crippen LogP contribution in [-0.2, 0) is 24.2 Å². The number of nitrogens with zero attached hydrogens (tertiary/aromatic N) is 3. The Morgan fingerprint density at radius 1 is 0.871 bits per heavy atom. The summed E-state index contributed by atoms with van der Waals surface area (Å²) < 4.78 is 29.1. The van der Waals surface area contributed by atoms with Crippen LogP contribution < -0.4 is 0 Å². The first-order chi connectivity index (χ1) is 14.9. The largest absolute Gasteiger partial charge is 0.378 e. The van der Waals surface area contributed by atoms with E-state index in [0.717, 1.165) is 5.56 Å². The Hall–Kier alpha value is -1.97. The quantitative estimate of drug-likeness (QED) is 0.668. The second-order valence-electron chi connectivity index (χ2n) is 8.54. The standard InChI is InChI=1S/C22H31N3O5S/c26-21(25-10-14-30-15-11-25)19-6-8-24(9-7-19)22(27)20(18-4-2-1-3-5-18)23-12-16-31(28,29)17-13-23/h1-5,19-20H,6-17H2. The molecule has 170 valence electrons. The van der Waals surface area contributed by atoms with E-state index in [1.807, 2.05) is 45.0 Å². The highest BCUT2D eigenvalue weighted by molar-refractivity contribution is 7.91. The molecule has 1 aromatic carbocycles. The van der Waals surface area contributed by atoms with Gasteiger partial charge in [0.05, 0.1) is 24.7 Å². The van der Waals surface area contributed by atoms with Crippen LogP contribution in [0.25, 0.3) is 0 Å². The van der Waals surface area contributed by atoms with Crippen LogP contribution in [0, 0.1) is 5.92 Å². The van der Waals surface area contributed by atoms with Gasteiger partial charge in [0.15, 0.2) is 9.84 Å². The molecule has 0 radical (unpaired) electrons. The molecule has 3 heterocycles. The van der Waals surface area contributed by atoms with Crippen molar-refractivity contribution >= 4 is 21.7 Å². The van der Waals surface area contributed by atoms with E-state index in [1.165, 1.54) is 0 Å². The maximum absolute atomic E-state index is 13.6. The summed E-state index contributed by atoms with van der Waals surface area (Å²) in [6.07, 6.45) is 1.33. The highest BCUT2D eigenvalue weighted by Gasteiger charge is 2.37. The fraction of sp³-hybridized carbons (Fsp3) is 0.636. The molecular weight excluding hydrogens is 418 g/mol. The lowest BCUT2D eigenvalue weighted by Crippen LogP contribution is -2.51. The van der Waals surface area contributed by atoms with Crippen LogP contribution in [0.2, 0.25) is 0 Å². The van der Waals surface area contributed by atoms with E-state index in [4.69, 9.17) is 4.74 Å². The molecule has 0 N–H and O–H groups in total. The first-order valence-electron chi connectivity index (χ1n) is 11.1. The predicted octanol–water partition coefficient (Wildman–Crippen LogP) is 0.556. The maximum Gasteiger partial charge on any atom is 0.244 e. The number of likely N-dealkylation sites (tertiary alicyclic amines) is 1. The Balaban J connectivity index is 1.42. The molecule has 3 fully saturated rings. The van der Waals surface area contributed by atoms with E-state index in [9.17, 15) is 18.0 Å². The predicted molar refractivity (Wildman–Crippen MR) is 116 cm³/mol. The van der Waals surface area contributed by atoms with Crippen molar-refractivity contribution in [2.75, 3.05) is 64.0 Å². The lowest BCUT2D eigenvalue weighted by molar-refractivity contribution is -0.145. The summed E-state index contributed by atoms with van der Waals surface area (Å²) in [6.45, 7) is 4.29. The van der Waals surface area contributed by atoms with Crippen LogP contribution in [0.3, 0.4) is 0 Å². The molecule has 4 rings (SSSR count). The van der Waals surface area contributed by atoms with Gasteiger partial charge >= 0.3 is 0 Å². The SMILES string of the molecule is O=C(C1CCN(C(=O)C(c2ccccc2)N2CCS(=O)(=O)CC2)CC1)N1CCOCC1. The summed E-state index contributed by atoms with van der Waals surface area (Å²) in [4.78, 5) is 32.1. The monoisotopic (exact) mass is 449 g/mol. The van der Waals surface area contributed by atoms with Gasteiger partial charge in [-0.3, -0.25) is 14.5 Å². The summed E-state index contributed by atoms with van der Waals surface area (Å²) in [5, 5.41) is 0. The van der Waals surface area contributed by atoms with Gasteiger partial charge in [-0.25, -0.2) is 8.42 Å². The van der Waals surface area contributed by atoms with Gasteiger partial charge in [0.25, 0.3) is 0 Å². The summed E-state index contributed by atoms with van der Waals surface area (Å²) in [7, 11) is -3.03. The Morgan fingerprint density at radius 3 is 2.10 bits per heavy atom. The minimum absolute atomic E-state index is 0.00256. The van der Waals surface area contributed by atoms with Crippen LogP contribution in [-0.4, -0.2) is 98.9 Å². The van der Waals surface area contributed by atoms with Gasteiger partial charge in [-0.1, -0.05) is 30.3 Å². The first-order valence-corrected chi connectivity index (χ1v) is 12.9. The highest BCUT2D eigenvalue weighted by atomic mass is 32.2. The third kappa shape index (κ3) is 5.27.